The lowest BCUT2D eigenvalue weighted by atomic mass is 10.0. The second kappa shape index (κ2) is 5.63. The number of aromatic nitrogens is 2. The Bertz CT molecular complexity index is 611. The number of hydrogen-bond donors (Lipinski definition) is 1. The largest absolute Gasteiger partial charge is 0.462 e. The van der Waals surface area contributed by atoms with E-state index in [-0.39, 0.29) is 11.5 Å². The molecule has 0 aliphatic carbocycles. The van der Waals surface area contributed by atoms with Crippen LogP contribution in [0.1, 0.15) is 37.6 Å². The molecule has 5 heteroatoms. The summed E-state index contributed by atoms with van der Waals surface area (Å²) in [5.74, 6) is -0.313. The van der Waals surface area contributed by atoms with E-state index in [0.717, 1.165) is 24.0 Å². The maximum atomic E-state index is 11.7. The van der Waals surface area contributed by atoms with Gasteiger partial charge in [0.05, 0.1) is 29.5 Å². The fraction of sp³-hybridized carbons (Fsp3) is 0.467. The monoisotopic (exact) mass is 275 g/mol. The molecule has 0 radical (unpaired) electrons. The van der Waals surface area contributed by atoms with Gasteiger partial charge in [0.2, 0.25) is 0 Å². The van der Waals surface area contributed by atoms with Crippen molar-refractivity contribution in [2.75, 3.05) is 6.61 Å². The number of aryl methyl sites for hydroxylation is 1. The number of carbonyl (C=O) groups is 1. The third-order valence-electron chi connectivity index (χ3n) is 3.13. The van der Waals surface area contributed by atoms with Crippen LogP contribution in [0.5, 0.6) is 0 Å². The van der Waals surface area contributed by atoms with Crippen molar-refractivity contribution in [1.29, 1.82) is 0 Å². The maximum absolute atomic E-state index is 11.7. The first-order valence-electron chi connectivity index (χ1n) is 6.81. The van der Waals surface area contributed by atoms with E-state index in [1.807, 2.05) is 19.9 Å². The minimum absolute atomic E-state index is 0.207. The molecule has 0 atom stereocenters. The minimum Gasteiger partial charge on any atom is -0.462 e. The van der Waals surface area contributed by atoms with E-state index >= 15 is 0 Å². The molecule has 2 rings (SSSR count). The fourth-order valence-electron chi connectivity index (χ4n) is 1.99. The highest BCUT2D eigenvalue weighted by molar-refractivity contribution is 5.93. The van der Waals surface area contributed by atoms with Gasteiger partial charge in [0.15, 0.2) is 0 Å². The standard InChI is InChI=1S/C15H21N3O2/c1-4-20-14(19)11-5-6-13-12(9-11)17-10-18(13)8-7-15(2,3)16/h5-6,9-10H,4,7-8,16H2,1-3H3. The lowest BCUT2D eigenvalue weighted by molar-refractivity contribution is 0.0526. The smallest absolute Gasteiger partial charge is 0.338 e. The van der Waals surface area contributed by atoms with Gasteiger partial charge >= 0.3 is 5.97 Å². The number of hydrogen-bond acceptors (Lipinski definition) is 4. The molecule has 0 aliphatic rings. The number of rotatable bonds is 5. The Labute approximate surface area is 118 Å². The fourth-order valence-corrected chi connectivity index (χ4v) is 1.99. The van der Waals surface area contributed by atoms with E-state index in [1.165, 1.54) is 0 Å². The highest BCUT2D eigenvalue weighted by Crippen LogP contribution is 2.17. The van der Waals surface area contributed by atoms with E-state index < -0.39 is 0 Å². The second-order valence-corrected chi connectivity index (χ2v) is 5.60. The number of ether oxygens (including phenoxy) is 1. The van der Waals surface area contributed by atoms with Crippen molar-refractivity contribution in [3.8, 4) is 0 Å². The molecular weight excluding hydrogens is 254 g/mol. The van der Waals surface area contributed by atoms with E-state index in [4.69, 9.17) is 10.5 Å². The van der Waals surface area contributed by atoms with Crippen molar-refractivity contribution in [1.82, 2.24) is 9.55 Å². The second-order valence-electron chi connectivity index (χ2n) is 5.60. The first-order valence-corrected chi connectivity index (χ1v) is 6.81. The van der Waals surface area contributed by atoms with Crippen molar-refractivity contribution >= 4 is 17.0 Å². The predicted molar refractivity (Wildman–Crippen MR) is 78.6 cm³/mol. The van der Waals surface area contributed by atoms with Crippen molar-refractivity contribution in [3.63, 3.8) is 0 Å². The molecule has 1 heterocycles. The summed E-state index contributed by atoms with van der Waals surface area (Å²) >= 11 is 0. The first kappa shape index (κ1) is 14.5. The molecule has 0 unspecified atom stereocenters. The molecule has 0 aliphatic heterocycles. The van der Waals surface area contributed by atoms with Gasteiger partial charge in [0, 0.05) is 12.1 Å². The molecule has 1 aromatic carbocycles. The number of nitrogens with two attached hydrogens (primary N) is 1. The van der Waals surface area contributed by atoms with Gasteiger partial charge in [-0.3, -0.25) is 0 Å². The summed E-state index contributed by atoms with van der Waals surface area (Å²) < 4.78 is 7.04. The van der Waals surface area contributed by atoms with Gasteiger partial charge in [-0.1, -0.05) is 0 Å². The van der Waals surface area contributed by atoms with E-state index in [9.17, 15) is 4.79 Å². The summed E-state index contributed by atoms with van der Waals surface area (Å²) in [5.41, 5.74) is 8.12. The number of imidazole rings is 1. The average molecular weight is 275 g/mol. The highest BCUT2D eigenvalue weighted by atomic mass is 16.5. The molecular formula is C15H21N3O2. The van der Waals surface area contributed by atoms with E-state index in [2.05, 4.69) is 9.55 Å². The Morgan fingerprint density at radius 1 is 1.45 bits per heavy atom. The summed E-state index contributed by atoms with van der Waals surface area (Å²) in [6, 6.07) is 5.43. The molecule has 0 bridgehead atoms. The molecule has 5 nitrogen and oxygen atoms in total. The Morgan fingerprint density at radius 2 is 2.20 bits per heavy atom. The molecule has 0 saturated heterocycles. The number of carbonyl (C=O) groups excluding carboxylic acids is 1. The summed E-state index contributed by atoms with van der Waals surface area (Å²) in [6.07, 6.45) is 2.64. The third-order valence-corrected chi connectivity index (χ3v) is 3.13. The van der Waals surface area contributed by atoms with Crippen molar-refractivity contribution in [3.05, 3.63) is 30.1 Å². The van der Waals surface area contributed by atoms with Crippen LogP contribution >= 0.6 is 0 Å². The van der Waals surface area contributed by atoms with Crippen LogP contribution < -0.4 is 5.73 Å². The van der Waals surface area contributed by atoms with Gasteiger partial charge in [-0.25, -0.2) is 9.78 Å². The zero-order chi connectivity index (χ0) is 14.8. The van der Waals surface area contributed by atoms with Crippen LogP contribution in [0, 0.1) is 0 Å². The maximum Gasteiger partial charge on any atom is 0.338 e. The molecule has 1 aromatic heterocycles. The lowest BCUT2D eigenvalue weighted by Crippen LogP contribution is -2.33. The molecule has 108 valence electrons. The summed E-state index contributed by atoms with van der Waals surface area (Å²) in [6.45, 7) is 6.98. The SMILES string of the molecule is CCOC(=O)c1ccc2c(c1)ncn2CCC(C)(C)N. The van der Waals surface area contributed by atoms with Gasteiger partial charge in [-0.05, 0) is 45.4 Å². The average Bonchev–Trinajstić information content (AvgIpc) is 2.78. The van der Waals surface area contributed by atoms with Crippen LogP contribution in [0.15, 0.2) is 24.5 Å². The van der Waals surface area contributed by atoms with Crippen molar-refractivity contribution in [2.24, 2.45) is 5.73 Å². The lowest BCUT2D eigenvalue weighted by Gasteiger charge is -2.18. The van der Waals surface area contributed by atoms with Crippen LogP contribution in [0.3, 0.4) is 0 Å². The summed E-state index contributed by atoms with van der Waals surface area (Å²) in [4.78, 5) is 16.0. The van der Waals surface area contributed by atoms with Crippen LogP contribution in [-0.4, -0.2) is 27.7 Å². The van der Waals surface area contributed by atoms with E-state index in [0.29, 0.717) is 12.2 Å². The molecule has 0 spiro atoms. The Kier molecular flexibility index (Phi) is 4.09. The quantitative estimate of drug-likeness (QED) is 0.850. The zero-order valence-corrected chi connectivity index (χ0v) is 12.2. The summed E-state index contributed by atoms with van der Waals surface area (Å²) in [7, 11) is 0. The van der Waals surface area contributed by atoms with Gasteiger partial charge in [-0.2, -0.15) is 0 Å². The van der Waals surface area contributed by atoms with Gasteiger partial charge in [0.1, 0.15) is 0 Å². The van der Waals surface area contributed by atoms with E-state index in [1.54, 1.807) is 25.4 Å². The van der Waals surface area contributed by atoms with Crippen molar-refractivity contribution < 1.29 is 9.53 Å². The minimum atomic E-state index is -0.313. The third kappa shape index (κ3) is 3.36. The zero-order valence-electron chi connectivity index (χ0n) is 12.2. The predicted octanol–water partition coefficient (Wildman–Crippen LogP) is 2.34. The van der Waals surface area contributed by atoms with Gasteiger partial charge in [0.25, 0.3) is 0 Å². The van der Waals surface area contributed by atoms with Crippen LogP contribution in [-0.2, 0) is 11.3 Å². The van der Waals surface area contributed by atoms with Crippen molar-refractivity contribution in [2.45, 2.75) is 39.3 Å². The van der Waals surface area contributed by atoms with Gasteiger partial charge < -0.3 is 15.0 Å². The Hall–Kier alpha value is -1.88. The van der Waals surface area contributed by atoms with Crippen LogP contribution in [0.4, 0.5) is 0 Å². The highest BCUT2D eigenvalue weighted by Gasteiger charge is 2.13. The number of benzene rings is 1. The topological polar surface area (TPSA) is 70.1 Å². The molecule has 0 saturated carbocycles. The molecule has 0 amide bonds. The Balaban J connectivity index is 2.22. The normalized spacial score (nSPS) is 11.8. The molecule has 2 aromatic rings. The molecule has 20 heavy (non-hydrogen) atoms. The first-order chi connectivity index (χ1) is 9.40. The van der Waals surface area contributed by atoms with Crippen LogP contribution in [0.25, 0.3) is 11.0 Å². The molecule has 2 N–H and O–H groups in total. The molecule has 0 fully saturated rings. The number of nitrogens with zero attached hydrogens (tertiary/aromatic N) is 2. The van der Waals surface area contributed by atoms with Gasteiger partial charge in [-0.15, -0.1) is 0 Å². The number of fused-ring (bicyclic) bond motifs is 1. The summed E-state index contributed by atoms with van der Waals surface area (Å²) in [5, 5.41) is 0. The van der Waals surface area contributed by atoms with Crippen LogP contribution in [0.2, 0.25) is 0 Å². The number of esters is 1. The Morgan fingerprint density at radius 3 is 2.85 bits per heavy atom.